The number of aromatic nitrogens is 1. The molecule has 1 unspecified atom stereocenters. The molecule has 2 N–H and O–H groups in total. The van der Waals surface area contributed by atoms with Gasteiger partial charge in [-0.1, -0.05) is 46.1 Å². The maximum atomic E-state index is 14.6. The summed E-state index contributed by atoms with van der Waals surface area (Å²) < 4.78 is 36.0. The van der Waals surface area contributed by atoms with E-state index in [9.17, 15) is 8.60 Å². The first-order valence-electron chi connectivity index (χ1n) is 8.37. The molecule has 152 valence electrons. The van der Waals surface area contributed by atoms with Crippen LogP contribution >= 0.6 is 46.1 Å². The number of benzene rings is 2. The van der Waals surface area contributed by atoms with Gasteiger partial charge in [0.1, 0.15) is 21.7 Å². The van der Waals surface area contributed by atoms with Crippen LogP contribution in [0.4, 0.5) is 9.52 Å². The lowest BCUT2D eigenvalue weighted by Crippen LogP contribution is -2.40. The lowest BCUT2D eigenvalue weighted by molar-refractivity contribution is 0.417. The summed E-state index contributed by atoms with van der Waals surface area (Å²) >= 11 is 19.3. The Morgan fingerprint density at radius 1 is 1.21 bits per heavy atom. The average Bonchev–Trinajstić information content (AvgIpc) is 3.03. The normalized spacial score (nSPS) is 15.0. The molecule has 0 saturated carbocycles. The molecular formula is C18H13Cl3FN3O2S2. The van der Waals surface area contributed by atoms with Crippen LogP contribution in [0.1, 0.15) is 11.5 Å². The minimum Gasteiger partial charge on any atom is -0.455 e. The summed E-state index contributed by atoms with van der Waals surface area (Å²) in [5, 5.41) is 4.22. The zero-order valence-electron chi connectivity index (χ0n) is 14.5. The number of hydrogen-bond donors (Lipinski definition) is 2. The molecule has 0 aliphatic carbocycles. The van der Waals surface area contributed by atoms with Crippen LogP contribution in [0.2, 0.25) is 14.4 Å². The van der Waals surface area contributed by atoms with Crippen molar-refractivity contribution in [3.63, 3.8) is 0 Å². The molecule has 1 aliphatic heterocycles. The topological polar surface area (TPSA) is 63.2 Å². The highest BCUT2D eigenvalue weighted by Gasteiger charge is 2.24. The monoisotopic (exact) mass is 491 g/mol. The number of rotatable bonds is 6. The molecule has 4 rings (SSSR count). The number of ether oxygens (including phenoxy) is 1. The van der Waals surface area contributed by atoms with Crippen LogP contribution in [-0.4, -0.2) is 22.3 Å². The molecule has 0 spiro atoms. The molecule has 5 nitrogen and oxygen atoms in total. The Morgan fingerprint density at radius 3 is 2.66 bits per heavy atom. The second-order valence-corrected chi connectivity index (χ2v) is 9.88. The molecule has 11 heteroatoms. The van der Waals surface area contributed by atoms with Gasteiger partial charge in [0.15, 0.2) is 16.1 Å². The Kier molecular flexibility index (Phi) is 6.29. The van der Waals surface area contributed by atoms with E-state index in [-0.39, 0.29) is 21.6 Å². The van der Waals surface area contributed by atoms with E-state index in [1.165, 1.54) is 12.3 Å². The Labute approximate surface area is 187 Å². The van der Waals surface area contributed by atoms with E-state index < -0.39 is 16.8 Å². The average molecular weight is 493 g/mol. The minimum absolute atomic E-state index is 0.117. The van der Waals surface area contributed by atoms with Gasteiger partial charge in [0, 0.05) is 35.7 Å². The second kappa shape index (κ2) is 8.75. The molecule has 1 fully saturated rings. The van der Waals surface area contributed by atoms with Crippen molar-refractivity contribution in [1.82, 2.24) is 10.3 Å². The predicted molar refractivity (Wildman–Crippen MR) is 116 cm³/mol. The third-order valence-electron chi connectivity index (χ3n) is 4.26. The number of nitrogens with one attached hydrogen (secondary N) is 2. The summed E-state index contributed by atoms with van der Waals surface area (Å²) in [7, 11) is -1.91. The van der Waals surface area contributed by atoms with Gasteiger partial charge < -0.3 is 10.1 Å². The van der Waals surface area contributed by atoms with Crippen molar-refractivity contribution in [2.75, 3.05) is 17.8 Å². The summed E-state index contributed by atoms with van der Waals surface area (Å²) in [6, 6.07) is 7.64. The maximum Gasteiger partial charge on any atom is 0.196 e. The summed E-state index contributed by atoms with van der Waals surface area (Å²) in [6.07, 6.45) is 1.41. The van der Waals surface area contributed by atoms with Crippen LogP contribution in [0, 0.1) is 5.82 Å². The molecule has 0 bridgehead atoms. The van der Waals surface area contributed by atoms with Crippen LogP contribution in [0.15, 0.2) is 41.4 Å². The molecule has 0 amide bonds. The molecule has 1 saturated heterocycles. The third-order valence-corrected chi connectivity index (χ3v) is 7.04. The zero-order chi connectivity index (χ0) is 20.5. The maximum absolute atomic E-state index is 14.6. The number of nitrogens with zero attached hydrogens (tertiary/aromatic N) is 1. The SMILES string of the molecule is O=S(Nc1ncc(Cl)s1)c1cc(Cl)c(Oc2ccc(Cl)cc2C2CNC2)cc1F. The highest BCUT2D eigenvalue weighted by Crippen LogP contribution is 2.38. The van der Waals surface area contributed by atoms with E-state index in [1.807, 2.05) is 6.07 Å². The van der Waals surface area contributed by atoms with Crippen molar-refractivity contribution in [3.8, 4) is 11.5 Å². The van der Waals surface area contributed by atoms with Crippen molar-refractivity contribution in [3.05, 3.63) is 62.3 Å². The minimum atomic E-state index is -1.91. The smallest absolute Gasteiger partial charge is 0.196 e. The fraction of sp³-hybridized carbons (Fsp3) is 0.167. The summed E-state index contributed by atoms with van der Waals surface area (Å²) in [4.78, 5) is 3.82. The van der Waals surface area contributed by atoms with E-state index in [0.29, 0.717) is 20.2 Å². The molecule has 29 heavy (non-hydrogen) atoms. The van der Waals surface area contributed by atoms with E-state index in [1.54, 1.807) is 12.1 Å². The van der Waals surface area contributed by atoms with Crippen molar-refractivity contribution in [2.45, 2.75) is 10.8 Å². The van der Waals surface area contributed by atoms with Gasteiger partial charge in [-0.25, -0.2) is 13.6 Å². The highest BCUT2D eigenvalue weighted by molar-refractivity contribution is 7.86. The summed E-state index contributed by atoms with van der Waals surface area (Å²) in [6.45, 7) is 1.62. The number of halogens is 4. The van der Waals surface area contributed by atoms with Gasteiger partial charge in [-0.3, -0.25) is 4.72 Å². The van der Waals surface area contributed by atoms with Gasteiger partial charge in [0.25, 0.3) is 0 Å². The summed E-state index contributed by atoms with van der Waals surface area (Å²) in [5.41, 5.74) is 0.919. The molecule has 3 aromatic rings. The van der Waals surface area contributed by atoms with Gasteiger partial charge in [0.05, 0.1) is 16.1 Å². The van der Waals surface area contributed by atoms with Crippen LogP contribution < -0.4 is 14.8 Å². The third kappa shape index (κ3) is 4.68. The Morgan fingerprint density at radius 2 is 2.00 bits per heavy atom. The van der Waals surface area contributed by atoms with Crippen LogP contribution in [0.25, 0.3) is 0 Å². The Balaban J connectivity index is 1.58. The molecule has 1 atom stereocenters. The van der Waals surface area contributed by atoms with E-state index in [2.05, 4.69) is 15.0 Å². The van der Waals surface area contributed by atoms with Crippen molar-refractivity contribution in [2.24, 2.45) is 0 Å². The van der Waals surface area contributed by atoms with Gasteiger partial charge >= 0.3 is 0 Å². The van der Waals surface area contributed by atoms with Crippen molar-refractivity contribution in [1.29, 1.82) is 0 Å². The lowest BCUT2D eigenvalue weighted by atomic mass is 9.93. The van der Waals surface area contributed by atoms with Crippen LogP contribution in [0.5, 0.6) is 11.5 Å². The first-order valence-corrected chi connectivity index (χ1v) is 11.5. The quantitative estimate of drug-likeness (QED) is 0.453. The van der Waals surface area contributed by atoms with E-state index in [0.717, 1.165) is 36.1 Å². The van der Waals surface area contributed by atoms with Gasteiger partial charge in [-0.05, 0) is 24.3 Å². The first kappa shape index (κ1) is 20.8. The van der Waals surface area contributed by atoms with Crippen molar-refractivity contribution < 1.29 is 13.3 Å². The summed E-state index contributed by atoms with van der Waals surface area (Å²) in [5.74, 6) is 0.205. The lowest BCUT2D eigenvalue weighted by Gasteiger charge is -2.29. The molecular weight excluding hydrogens is 480 g/mol. The fourth-order valence-corrected chi connectivity index (χ4v) is 5.01. The fourth-order valence-electron chi connectivity index (χ4n) is 2.72. The standard InChI is InChI=1S/C18H13Cl3FN3O2S2/c19-10-1-2-14(11(3-10)9-6-23-7-9)27-15-5-13(22)16(4-12(15)20)29(26)25-18-24-8-17(21)28-18/h1-5,8-9,23H,6-7H2,(H,24,25). The Hall–Kier alpha value is -1.42. The zero-order valence-corrected chi connectivity index (χ0v) is 18.4. The second-order valence-electron chi connectivity index (χ2n) is 6.19. The van der Waals surface area contributed by atoms with Gasteiger partial charge in [-0.15, -0.1) is 0 Å². The van der Waals surface area contributed by atoms with Crippen molar-refractivity contribution >= 4 is 62.3 Å². The Bertz CT molecular complexity index is 1090. The largest absolute Gasteiger partial charge is 0.455 e. The van der Waals surface area contributed by atoms with Crippen LogP contribution in [-0.2, 0) is 11.0 Å². The van der Waals surface area contributed by atoms with Crippen LogP contribution in [0.3, 0.4) is 0 Å². The molecule has 2 heterocycles. The molecule has 1 aliphatic rings. The highest BCUT2D eigenvalue weighted by atomic mass is 35.5. The van der Waals surface area contributed by atoms with E-state index in [4.69, 9.17) is 39.5 Å². The molecule has 2 aromatic carbocycles. The molecule has 1 aromatic heterocycles. The number of hydrogen-bond acceptors (Lipinski definition) is 5. The number of thiazole rings is 1. The first-order chi connectivity index (χ1) is 13.9. The van der Waals surface area contributed by atoms with Gasteiger partial charge in [0.2, 0.25) is 0 Å². The number of anilines is 1. The predicted octanol–water partition coefficient (Wildman–Crippen LogP) is 5.86. The molecule has 0 radical (unpaired) electrons. The van der Waals surface area contributed by atoms with E-state index >= 15 is 0 Å². The van der Waals surface area contributed by atoms with Gasteiger partial charge in [-0.2, -0.15) is 0 Å².